The number of benzene rings is 1. The van der Waals surface area contributed by atoms with Gasteiger partial charge in [-0.15, -0.1) is 0 Å². The van der Waals surface area contributed by atoms with Gasteiger partial charge in [0, 0.05) is 11.5 Å². The van der Waals surface area contributed by atoms with E-state index in [4.69, 9.17) is 4.74 Å². The van der Waals surface area contributed by atoms with Crippen LogP contribution in [0.1, 0.15) is 111 Å². The minimum atomic E-state index is -0.769. The maximum Gasteiger partial charge on any atom is 0.330 e. The first-order valence-electron chi connectivity index (χ1n) is 17.3. The summed E-state index contributed by atoms with van der Waals surface area (Å²) < 4.78 is 6.25. The number of rotatable bonds is 5. The van der Waals surface area contributed by atoms with E-state index in [0.29, 0.717) is 31.1 Å². The van der Waals surface area contributed by atoms with Crippen LogP contribution in [-0.2, 0) is 14.3 Å². The molecule has 0 unspecified atom stereocenters. The zero-order valence-corrected chi connectivity index (χ0v) is 28.2. The van der Waals surface area contributed by atoms with Crippen molar-refractivity contribution < 1.29 is 29.6 Å². The van der Waals surface area contributed by atoms with E-state index in [1.807, 2.05) is 0 Å². The molecule has 5 aliphatic carbocycles. The Morgan fingerprint density at radius 2 is 1.60 bits per heavy atom. The van der Waals surface area contributed by atoms with Gasteiger partial charge in [0.2, 0.25) is 0 Å². The Kier molecular flexibility index (Phi) is 7.70. The highest BCUT2D eigenvalue weighted by Crippen LogP contribution is 2.76. The molecule has 4 fully saturated rings. The van der Waals surface area contributed by atoms with Crippen molar-refractivity contribution in [3.8, 4) is 5.75 Å². The Balaban J connectivity index is 1.41. The average Bonchev–Trinajstić information content (AvgIpc) is 2.97. The number of carboxylic acid groups (broad SMARTS) is 1. The standard InChI is InChI=1S/C39H54O6/c1-34(2)19-20-38(33(43)44)21-22-39(24-45-32(42)14-9-25-7-10-26(40)11-8-25)27(28(38)23-34)12-13-30-36(5)17-16-31(41)35(3,4)29(36)15-18-37(30,39)6/h7-12,14,28-31,40-41H,13,15-24H2,1-6H3,(H,43,44)/t28-,29+,30+,31-,36+,37+,38-,39-/m0/s1. The van der Waals surface area contributed by atoms with Crippen molar-refractivity contribution in [2.45, 2.75) is 112 Å². The van der Waals surface area contributed by atoms with Gasteiger partial charge in [0.25, 0.3) is 0 Å². The number of fused-ring (bicyclic) bond motifs is 7. The van der Waals surface area contributed by atoms with Crippen LogP contribution in [0.3, 0.4) is 0 Å². The summed E-state index contributed by atoms with van der Waals surface area (Å²) in [6.07, 6.45) is 13.7. The second kappa shape index (κ2) is 10.7. The predicted molar refractivity (Wildman–Crippen MR) is 175 cm³/mol. The van der Waals surface area contributed by atoms with Gasteiger partial charge < -0.3 is 20.1 Å². The molecule has 45 heavy (non-hydrogen) atoms. The van der Waals surface area contributed by atoms with Crippen LogP contribution >= 0.6 is 0 Å². The fraction of sp³-hybridized carbons (Fsp3) is 0.692. The van der Waals surface area contributed by atoms with Gasteiger partial charge in [0.15, 0.2) is 0 Å². The van der Waals surface area contributed by atoms with Crippen LogP contribution in [0.4, 0.5) is 0 Å². The highest BCUT2D eigenvalue weighted by molar-refractivity contribution is 5.87. The first-order chi connectivity index (χ1) is 21.0. The lowest BCUT2D eigenvalue weighted by atomic mass is 9.33. The highest BCUT2D eigenvalue weighted by Gasteiger charge is 2.70. The van der Waals surface area contributed by atoms with Crippen molar-refractivity contribution in [3.05, 3.63) is 47.6 Å². The summed E-state index contributed by atoms with van der Waals surface area (Å²) >= 11 is 0. The van der Waals surface area contributed by atoms with Crippen molar-refractivity contribution in [2.24, 2.45) is 50.2 Å². The molecule has 6 rings (SSSR count). The molecule has 3 N–H and O–H groups in total. The maximum atomic E-state index is 13.3. The fourth-order valence-electron chi connectivity index (χ4n) is 11.7. The third kappa shape index (κ3) is 4.83. The molecular formula is C39H54O6. The SMILES string of the molecule is CC1(C)CC[C@]2(C(=O)O)CC[C@]3(COC(=O)C=Cc4ccc(O)cc4)C(=CC[C@@H]4[C@]5(C)CC[C@H](O)C(C)(C)[C@H]5CC[C@]43C)[C@@H]2C1. The lowest BCUT2D eigenvalue weighted by molar-refractivity contribution is -0.217. The number of carbonyl (C=O) groups is 2. The zero-order chi connectivity index (χ0) is 32.6. The fourth-order valence-corrected chi connectivity index (χ4v) is 11.7. The number of phenols is 1. The van der Waals surface area contributed by atoms with Gasteiger partial charge in [0.1, 0.15) is 12.4 Å². The van der Waals surface area contributed by atoms with Crippen LogP contribution in [0.25, 0.3) is 6.08 Å². The van der Waals surface area contributed by atoms with Crippen molar-refractivity contribution in [1.82, 2.24) is 0 Å². The molecule has 0 aromatic heterocycles. The van der Waals surface area contributed by atoms with Crippen molar-refractivity contribution in [3.63, 3.8) is 0 Å². The summed E-state index contributed by atoms with van der Waals surface area (Å²) in [6.45, 7) is 14.2. The number of aliphatic hydroxyl groups is 1. The molecule has 246 valence electrons. The molecule has 0 amide bonds. The molecule has 0 heterocycles. The van der Waals surface area contributed by atoms with Crippen LogP contribution in [0.15, 0.2) is 42.0 Å². The topological polar surface area (TPSA) is 104 Å². The van der Waals surface area contributed by atoms with Gasteiger partial charge in [-0.25, -0.2) is 4.79 Å². The number of hydrogen-bond acceptors (Lipinski definition) is 5. The Morgan fingerprint density at radius 1 is 0.911 bits per heavy atom. The average molecular weight is 619 g/mol. The van der Waals surface area contributed by atoms with Crippen LogP contribution in [0, 0.1) is 50.2 Å². The second-order valence-corrected chi connectivity index (χ2v) is 17.3. The number of ether oxygens (including phenoxy) is 1. The lowest BCUT2D eigenvalue weighted by Gasteiger charge is -2.71. The molecule has 6 heteroatoms. The second-order valence-electron chi connectivity index (χ2n) is 17.3. The molecule has 6 nitrogen and oxygen atoms in total. The molecule has 8 atom stereocenters. The van der Waals surface area contributed by atoms with E-state index < -0.39 is 22.8 Å². The van der Waals surface area contributed by atoms with E-state index in [2.05, 4.69) is 47.6 Å². The maximum absolute atomic E-state index is 13.3. The van der Waals surface area contributed by atoms with Gasteiger partial charge in [0.05, 0.1) is 11.5 Å². The van der Waals surface area contributed by atoms with Crippen LogP contribution < -0.4 is 0 Å². The van der Waals surface area contributed by atoms with Gasteiger partial charge in [-0.1, -0.05) is 65.3 Å². The number of hydrogen-bond donors (Lipinski definition) is 3. The summed E-state index contributed by atoms with van der Waals surface area (Å²) in [5.74, 6) is -0.232. The van der Waals surface area contributed by atoms with Gasteiger partial charge >= 0.3 is 11.9 Å². The molecule has 0 bridgehead atoms. The summed E-state index contributed by atoms with van der Waals surface area (Å²) in [6, 6.07) is 6.69. The third-order valence-corrected chi connectivity index (χ3v) is 14.5. The number of carboxylic acids is 1. The Bertz CT molecular complexity index is 1400. The number of esters is 1. The molecule has 4 saturated carbocycles. The molecule has 0 spiro atoms. The summed E-state index contributed by atoms with van der Waals surface area (Å²) in [4.78, 5) is 26.5. The van der Waals surface area contributed by atoms with E-state index in [9.17, 15) is 24.9 Å². The van der Waals surface area contributed by atoms with Crippen molar-refractivity contribution in [1.29, 1.82) is 0 Å². The molecule has 0 saturated heterocycles. The van der Waals surface area contributed by atoms with Crippen LogP contribution in [0.2, 0.25) is 0 Å². The van der Waals surface area contributed by atoms with E-state index in [1.165, 1.54) is 11.6 Å². The number of aliphatic hydroxyl groups excluding tert-OH is 1. The van der Waals surface area contributed by atoms with E-state index >= 15 is 0 Å². The number of aliphatic carboxylic acids is 1. The molecular weight excluding hydrogens is 564 g/mol. The van der Waals surface area contributed by atoms with E-state index in [0.717, 1.165) is 50.5 Å². The number of allylic oxidation sites excluding steroid dienone is 1. The summed E-state index contributed by atoms with van der Waals surface area (Å²) in [7, 11) is 0. The van der Waals surface area contributed by atoms with Crippen LogP contribution in [-0.4, -0.2) is 40.0 Å². The first kappa shape index (κ1) is 32.3. The zero-order valence-electron chi connectivity index (χ0n) is 28.2. The number of aromatic hydroxyl groups is 1. The Morgan fingerprint density at radius 3 is 2.29 bits per heavy atom. The van der Waals surface area contributed by atoms with E-state index in [1.54, 1.807) is 30.3 Å². The van der Waals surface area contributed by atoms with Crippen molar-refractivity contribution >= 4 is 18.0 Å². The smallest absolute Gasteiger partial charge is 0.330 e. The van der Waals surface area contributed by atoms with Gasteiger partial charge in [-0.2, -0.15) is 0 Å². The Labute approximate surface area is 269 Å². The number of phenolic OH excluding ortho intramolecular Hbond substituents is 1. The first-order valence-corrected chi connectivity index (χ1v) is 17.3. The van der Waals surface area contributed by atoms with Gasteiger partial charge in [-0.3, -0.25) is 4.79 Å². The van der Waals surface area contributed by atoms with E-state index in [-0.39, 0.29) is 46.0 Å². The minimum absolute atomic E-state index is 0.0285. The van der Waals surface area contributed by atoms with Crippen LogP contribution in [0.5, 0.6) is 5.75 Å². The molecule has 1 aromatic carbocycles. The van der Waals surface area contributed by atoms with Crippen molar-refractivity contribution in [2.75, 3.05) is 6.61 Å². The molecule has 1 aromatic rings. The normalized spacial score (nSPS) is 41.5. The predicted octanol–water partition coefficient (Wildman–Crippen LogP) is 8.18. The monoisotopic (exact) mass is 618 g/mol. The molecule has 0 radical (unpaired) electrons. The highest BCUT2D eigenvalue weighted by atomic mass is 16.5. The quantitative estimate of drug-likeness (QED) is 0.175. The summed E-state index contributed by atoms with van der Waals surface area (Å²) in [5, 5.41) is 31.5. The molecule has 0 aliphatic heterocycles. The van der Waals surface area contributed by atoms with Gasteiger partial charge in [-0.05, 0) is 127 Å². The summed E-state index contributed by atoms with van der Waals surface area (Å²) in [5.41, 5.74) is 0.564. The minimum Gasteiger partial charge on any atom is -0.508 e. The number of carbonyl (C=O) groups excluding carboxylic acids is 1. The molecule has 5 aliphatic rings. The third-order valence-electron chi connectivity index (χ3n) is 14.5. The Hall–Kier alpha value is -2.60. The largest absolute Gasteiger partial charge is 0.508 e. The lowest BCUT2D eigenvalue weighted by Crippen LogP contribution is -2.66.